The zero-order valence-electron chi connectivity index (χ0n) is 25.0. The summed E-state index contributed by atoms with van der Waals surface area (Å²) in [5.74, 6) is 1.85. The second-order valence-corrected chi connectivity index (χ2v) is 10.8. The molecule has 0 aromatic heterocycles. The molecule has 0 aliphatic carbocycles. The molecule has 0 radical (unpaired) electrons. The number of carbonyl (C=O) groups excluding carboxylic acids is 1. The molecule has 1 saturated heterocycles. The van der Waals surface area contributed by atoms with E-state index in [9.17, 15) is 4.79 Å². The van der Waals surface area contributed by atoms with Crippen LogP contribution >= 0.6 is 11.6 Å². The number of halogens is 1. The van der Waals surface area contributed by atoms with Crippen LogP contribution in [-0.4, -0.2) is 56.9 Å². The maximum absolute atomic E-state index is 12.7. The molecule has 0 saturated carbocycles. The minimum Gasteiger partial charge on any atom is -0.495 e. The van der Waals surface area contributed by atoms with E-state index in [-0.39, 0.29) is 5.91 Å². The van der Waals surface area contributed by atoms with Crippen LogP contribution in [0.5, 0.6) is 17.2 Å². The summed E-state index contributed by atoms with van der Waals surface area (Å²) in [6.45, 7) is 7.37. The number of rotatable bonds is 12. The van der Waals surface area contributed by atoms with Gasteiger partial charge in [-0.3, -0.25) is 9.69 Å². The average molecular weight is 613 g/mol. The molecule has 4 aromatic rings. The number of hydrazone groups is 1. The average Bonchev–Trinajstić information content (AvgIpc) is 3.05. The zero-order valence-corrected chi connectivity index (χ0v) is 25.8. The Balaban J connectivity index is 1.11. The third-order valence-electron chi connectivity index (χ3n) is 7.35. The molecular formula is C35H37ClN4O4. The Labute approximate surface area is 263 Å². The molecule has 0 spiro atoms. The highest BCUT2D eigenvalue weighted by Crippen LogP contribution is 2.30. The maximum Gasteiger partial charge on any atom is 0.271 e. The van der Waals surface area contributed by atoms with Crippen LogP contribution in [0.2, 0.25) is 5.02 Å². The van der Waals surface area contributed by atoms with Crippen molar-refractivity contribution in [2.45, 2.75) is 20.1 Å². The second kappa shape index (κ2) is 15.3. The molecule has 1 heterocycles. The summed E-state index contributed by atoms with van der Waals surface area (Å²) >= 11 is 6.08. The van der Waals surface area contributed by atoms with Gasteiger partial charge in [0.05, 0.1) is 25.6 Å². The summed E-state index contributed by atoms with van der Waals surface area (Å²) in [6, 6.07) is 28.9. The van der Waals surface area contributed by atoms with Gasteiger partial charge >= 0.3 is 0 Å². The van der Waals surface area contributed by atoms with Crippen molar-refractivity contribution in [3.63, 3.8) is 0 Å². The lowest BCUT2D eigenvalue weighted by molar-refractivity contribution is 0.0955. The van der Waals surface area contributed by atoms with Gasteiger partial charge in [-0.05, 0) is 78.2 Å². The number of para-hydroxylation sites is 2. The summed E-state index contributed by atoms with van der Waals surface area (Å²) in [4.78, 5) is 17.5. The van der Waals surface area contributed by atoms with Crippen LogP contribution in [0.1, 0.15) is 34.0 Å². The number of piperazine rings is 1. The van der Waals surface area contributed by atoms with E-state index in [1.807, 2.05) is 91.9 Å². The Morgan fingerprint density at radius 3 is 2.41 bits per heavy atom. The summed E-state index contributed by atoms with van der Waals surface area (Å²) in [5.41, 5.74) is 7.20. The van der Waals surface area contributed by atoms with Crippen LogP contribution < -0.4 is 24.5 Å². The predicted octanol–water partition coefficient (Wildman–Crippen LogP) is 6.41. The Bertz CT molecular complexity index is 1570. The summed E-state index contributed by atoms with van der Waals surface area (Å²) in [5, 5.41) is 4.82. The molecule has 5 rings (SSSR count). The van der Waals surface area contributed by atoms with E-state index < -0.39 is 0 Å². The molecule has 0 unspecified atom stereocenters. The van der Waals surface area contributed by atoms with Gasteiger partial charge in [0.15, 0.2) is 11.5 Å². The third-order valence-corrected chi connectivity index (χ3v) is 7.59. The number of ether oxygens (including phenoxy) is 3. The molecule has 1 aliphatic heterocycles. The van der Waals surface area contributed by atoms with E-state index in [2.05, 4.69) is 26.4 Å². The maximum atomic E-state index is 12.7. The number of methoxy groups -OCH3 is 1. The molecule has 0 atom stereocenters. The van der Waals surface area contributed by atoms with Crippen molar-refractivity contribution < 1.29 is 19.0 Å². The fourth-order valence-electron chi connectivity index (χ4n) is 5.07. The fourth-order valence-corrected chi connectivity index (χ4v) is 5.28. The predicted molar refractivity (Wildman–Crippen MR) is 175 cm³/mol. The van der Waals surface area contributed by atoms with Crippen molar-refractivity contribution >= 4 is 29.4 Å². The van der Waals surface area contributed by atoms with Gasteiger partial charge < -0.3 is 19.1 Å². The number of hydrogen-bond acceptors (Lipinski definition) is 7. The number of nitrogens with one attached hydrogen (secondary N) is 1. The van der Waals surface area contributed by atoms with Crippen LogP contribution in [0, 0.1) is 0 Å². The first-order chi connectivity index (χ1) is 21.5. The molecule has 228 valence electrons. The largest absolute Gasteiger partial charge is 0.495 e. The standard InChI is InChI=1S/C35H37ClN4O4/c1-3-43-34-22-27(13-16-33(34)44-25-28-7-6-8-30(36)21-28)23-37-38-35(41)29-14-11-26(12-15-29)24-39-17-19-40(20-18-39)31-9-4-5-10-32(31)42-2/h4-16,21-23H,3,17-20,24-25H2,1-2H3,(H,38,41)/b37-23-. The van der Waals surface area contributed by atoms with E-state index >= 15 is 0 Å². The lowest BCUT2D eigenvalue weighted by Crippen LogP contribution is -2.46. The number of amides is 1. The van der Waals surface area contributed by atoms with Gasteiger partial charge in [-0.2, -0.15) is 5.10 Å². The molecule has 1 amide bonds. The van der Waals surface area contributed by atoms with Crippen molar-refractivity contribution in [3.8, 4) is 17.2 Å². The molecule has 1 aliphatic rings. The molecule has 44 heavy (non-hydrogen) atoms. The molecule has 4 aromatic carbocycles. The van der Waals surface area contributed by atoms with Gasteiger partial charge in [0.1, 0.15) is 12.4 Å². The van der Waals surface area contributed by atoms with E-state index in [0.717, 1.165) is 60.9 Å². The number of anilines is 1. The first-order valence-electron chi connectivity index (χ1n) is 14.7. The summed E-state index contributed by atoms with van der Waals surface area (Å²) in [6.07, 6.45) is 1.58. The quantitative estimate of drug-likeness (QED) is 0.147. The number of carbonyl (C=O) groups is 1. The summed E-state index contributed by atoms with van der Waals surface area (Å²) < 4.78 is 17.3. The molecule has 8 nitrogen and oxygen atoms in total. The molecular weight excluding hydrogens is 576 g/mol. The van der Waals surface area contributed by atoms with E-state index in [4.69, 9.17) is 25.8 Å². The number of benzene rings is 4. The topological polar surface area (TPSA) is 75.6 Å². The molecule has 9 heteroatoms. The van der Waals surface area contributed by atoms with Crippen molar-refractivity contribution in [1.29, 1.82) is 0 Å². The third kappa shape index (κ3) is 8.30. The minimum absolute atomic E-state index is 0.273. The van der Waals surface area contributed by atoms with Crippen LogP contribution in [0.15, 0.2) is 96.1 Å². The Kier molecular flexibility index (Phi) is 10.7. The smallest absolute Gasteiger partial charge is 0.271 e. The first kappa shape index (κ1) is 30.9. The number of hydrogen-bond donors (Lipinski definition) is 1. The molecule has 0 bridgehead atoms. The monoisotopic (exact) mass is 612 g/mol. The van der Waals surface area contributed by atoms with Gasteiger partial charge in [0.2, 0.25) is 0 Å². The highest BCUT2D eigenvalue weighted by Gasteiger charge is 2.19. The number of nitrogens with zero attached hydrogens (tertiary/aromatic N) is 3. The Morgan fingerprint density at radius 2 is 1.66 bits per heavy atom. The lowest BCUT2D eigenvalue weighted by atomic mass is 10.1. The Hall–Kier alpha value is -4.53. The van der Waals surface area contributed by atoms with Crippen molar-refractivity contribution in [2.75, 3.05) is 44.8 Å². The molecule has 1 N–H and O–H groups in total. The fraction of sp³-hybridized carbons (Fsp3) is 0.257. The van der Waals surface area contributed by atoms with Crippen molar-refractivity contribution in [2.24, 2.45) is 5.10 Å². The van der Waals surface area contributed by atoms with E-state index in [0.29, 0.717) is 35.3 Å². The minimum atomic E-state index is -0.273. The normalized spacial score (nSPS) is 13.6. The van der Waals surface area contributed by atoms with Crippen molar-refractivity contribution in [3.05, 3.63) is 118 Å². The van der Waals surface area contributed by atoms with Crippen molar-refractivity contribution in [1.82, 2.24) is 10.3 Å². The molecule has 1 fully saturated rings. The van der Waals surface area contributed by atoms with Gasteiger partial charge in [-0.1, -0.05) is 48.0 Å². The van der Waals surface area contributed by atoms with E-state index in [1.54, 1.807) is 13.3 Å². The van der Waals surface area contributed by atoms with Crippen LogP contribution in [-0.2, 0) is 13.2 Å². The zero-order chi connectivity index (χ0) is 30.7. The van der Waals surface area contributed by atoms with Gasteiger partial charge in [0, 0.05) is 43.3 Å². The van der Waals surface area contributed by atoms with Crippen LogP contribution in [0.4, 0.5) is 5.69 Å². The first-order valence-corrected chi connectivity index (χ1v) is 15.1. The summed E-state index contributed by atoms with van der Waals surface area (Å²) in [7, 11) is 1.71. The second-order valence-electron chi connectivity index (χ2n) is 10.4. The highest BCUT2D eigenvalue weighted by atomic mass is 35.5. The Morgan fingerprint density at radius 1 is 0.864 bits per heavy atom. The van der Waals surface area contributed by atoms with E-state index in [1.165, 1.54) is 0 Å². The highest BCUT2D eigenvalue weighted by molar-refractivity contribution is 6.30. The van der Waals surface area contributed by atoms with Gasteiger partial charge in [0.25, 0.3) is 5.91 Å². The SMILES string of the molecule is CCOc1cc(/C=N\NC(=O)c2ccc(CN3CCN(c4ccccc4OC)CC3)cc2)ccc1OCc1cccc(Cl)c1. The van der Waals surface area contributed by atoms with Gasteiger partial charge in [-0.15, -0.1) is 0 Å². The van der Waals surface area contributed by atoms with Crippen LogP contribution in [0.3, 0.4) is 0 Å². The lowest BCUT2D eigenvalue weighted by Gasteiger charge is -2.36. The van der Waals surface area contributed by atoms with Crippen LogP contribution in [0.25, 0.3) is 0 Å². The van der Waals surface area contributed by atoms with Gasteiger partial charge in [-0.25, -0.2) is 5.43 Å².